The predicted molar refractivity (Wildman–Crippen MR) is 59.7 cm³/mol. The zero-order chi connectivity index (χ0) is 9.78. The average molecular weight is 181 g/mol. The van der Waals surface area contributed by atoms with Gasteiger partial charge in [0.05, 0.1) is 0 Å². The van der Waals surface area contributed by atoms with E-state index in [0.29, 0.717) is 0 Å². The summed E-state index contributed by atoms with van der Waals surface area (Å²) in [5.41, 5.74) is 0. The fourth-order valence-corrected chi connectivity index (χ4v) is 1.28. The number of unbranched alkanes of at least 4 members (excludes halogenated alkanes) is 5. The predicted octanol–water partition coefficient (Wildman–Crippen LogP) is 2.96. The highest BCUT2D eigenvalue weighted by Crippen LogP contribution is 1.97. The zero-order valence-electron chi connectivity index (χ0n) is 8.94. The Morgan fingerprint density at radius 1 is 1.00 bits per heavy atom. The number of terminal acetylenes is 1. The summed E-state index contributed by atoms with van der Waals surface area (Å²) in [5.74, 6) is 2.66. The normalized spacial score (nSPS) is 9.85. The molecule has 0 aromatic rings. The lowest BCUT2D eigenvalue weighted by atomic mass is 10.2. The molecule has 0 fully saturated rings. The Bertz CT molecular complexity index is 124. The van der Waals surface area contributed by atoms with E-state index in [-0.39, 0.29) is 0 Å². The highest BCUT2D eigenvalue weighted by atomic mass is 14.8. The molecule has 0 aliphatic heterocycles. The van der Waals surface area contributed by atoms with Crippen LogP contribution in [-0.2, 0) is 0 Å². The van der Waals surface area contributed by atoms with E-state index in [2.05, 4.69) is 18.2 Å². The molecule has 0 bridgehead atoms. The van der Waals surface area contributed by atoms with E-state index in [0.717, 1.165) is 13.0 Å². The summed E-state index contributed by atoms with van der Waals surface area (Å²) in [7, 11) is 0. The first kappa shape index (κ1) is 12.5. The van der Waals surface area contributed by atoms with E-state index in [4.69, 9.17) is 6.42 Å². The van der Waals surface area contributed by atoms with Gasteiger partial charge in [-0.25, -0.2) is 0 Å². The van der Waals surface area contributed by atoms with Gasteiger partial charge in [-0.1, -0.05) is 26.2 Å². The molecule has 0 atom stereocenters. The van der Waals surface area contributed by atoms with Crippen molar-refractivity contribution in [2.75, 3.05) is 13.1 Å². The Kier molecular flexibility index (Phi) is 11.1. The molecule has 0 aliphatic rings. The molecule has 0 spiro atoms. The lowest BCUT2D eigenvalue weighted by molar-refractivity contribution is 0.578. The molecule has 0 aliphatic carbocycles. The molecule has 1 nitrogen and oxygen atoms in total. The highest BCUT2D eigenvalue weighted by Gasteiger charge is 1.88. The summed E-state index contributed by atoms with van der Waals surface area (Å²) in [5, 5.41) is 3.43. The van der Waals surface area contributed by atoms with Gasteiger partial charge in [-0.3, -0.25) is 0 Å². The molecule has 0 aromatic heterocycles. The van der Waals surface area contributed by atoms with E-state index < -0.39 is 0 Å². The second-order valence-corrected chi connectivity index (χ2v) is 3.47. The summed E-state index contributed by atoms with van der Waals surface area (Å²) < 4.78 is 0. The maximum Gasteiger partial charge on any atom is 0.00865 e. The van der Waals surface area contributed by atoms with Crippen LogP contribution in [0.1, 0.15) is 51.9 Å². The van der Waals surface area contributed by atoms with Crippen molar-refractivity contribution in [3.8, 4) is 12.3 Å². The smallest absolute Gasteiger partial charge is 0.00865 e. The first-order valence-electron chi connectivity index (χ1n) is 5.56. The average Bonchev–Trinajstić information content (AvgIpc) is 2.16. The number of hydrogen-bond acceptors (Lipinski definition) is 1. The molecule has 0 aromatic carbocycles. The van der Waals surface area contributed by atoms with Crippen molar-refractivity contribution in [3.63, 3.8) is 0 Å². The van der Waals surface area contributed by atoms with Crippen LogP contribution in [0.15, 0.2) is 0 Å². The van der Waals surface area contributed by atoms with Crippen molar-refractivity contribution in [3.05, 3.63) is 0 Å². The van der Waals surface area contributed by atoms with E-state index in [9.17, 15) is 0 Å². The minimum Gasteiger partial charge on any atom is -0.317 e. The molecule has 0 heterocycles. The molecule has 1 heteroatoms. The minimum absolute atomic E-state index is 0.928. The number of nitrogens with one attached hydrogen (secondary N) is 1. The lowest BCUT2D eigenvalue weighted by Crippen LogP contribution is -2.16. The van der Waals surface area contributed by atoms with Crippen LogP contribution in [0, 0.1) is 12.3 Å². The fraction of sp³-hybridized carbons (Fsp3) is 0.833. The third kappa shape index (κ3) is 11.5. The van der Waals surface area contributed by atoms with Gasteiger partial charge >= 0.3 is 0 Å². The zero-order valence-corrected chi connectivity index (χ0v) is 8.94. The van der Waals surface area contributed by atoms with Crippen molar-refractivity contribution >= 4 is 0 Å². The van der Waals surface area contributed by atoms with Crippen molar-refractivity contribution in [2.45, 2.75) is 51.9 Å². The van der Waals surface area contributed by atoms with E-state index in [1.807, 2.05) is 0 Å². The molecule has 76 valence electrons. The summed E-state index contributed by atoms with van der Waals surface area (Å²) in [6.45, 7) is 4.55. The van der Waals surface area contributed by atoms with Crippen LogP contribution in [0.2, 0.25) is 0 Å². The van der Waals surface area contributed by atoms with Gasteiger partial charge in [0.15, 0.2) is 0 Å². The molecule has 0 radical (unpaired) electrons. The first-order chi connectivity index (χ1) is 6.41. The van der Waals surface area contributed by atoms with E-state index >= 15 is 0 Å². The van der Waals surface area contributed by atoms with Crippen LogP contribution in [0.5, 0.6) is 0 Å². The van der Waals surface area contributed by atoms with Crippen molar-refractivity contribution in [1.82, 2.24) is 5.32 Å². The summed E-state index contributed by atoms with van der Waals surface area (Å²) >= 11 is 0. The second kappa shape index (κ2) is 11.5. The maximum absolute atomic E-state index is 5.15. The maximum atomic E-state index is 5.15. The highest BCUT2D eigenvalue weighted by molar-refractivity contribution is 4.82. The third-order valence-corrected chi connectivity index (χ3v) is 2.13. The molecule has 0 saturated carbocycles. The van der Waals surface area contributed by atoms with Crippen LogP contribution in [-0.4, -0.2) is 13.1 Å². The van der Waals surface area contributed by atoms with Gasteiger partial charge in [0.2, 0.25) is 0 Å². The van der Waals surface area contributed by atoms with Crippen LogP contribution < -0.4 is 5.32 Å². The second-order valence-electron chi connectivity index (χ2n) is 3.47. The van der Waals surface area contributed by atoms with Crippen LogP contribution in [0.4, 0.5) is 0 Å². The third-order valence-electron chi connectivity index (χ3n) is 2.13. The van der Waals surface area contributed by atoms with Gasteiger partial charge in [0.25, 0.3) is 0 Å². The Morgan fingerprint density at radius 2 is 1.69 bits per heavy atom. The quantitative estimate of drug-likeness (QED) is 0.426. The number of rotatable bonds is 9. The molecule has 0 unspecified atom stereocenters. The summed E-state index contributed by atoms with van der Waals surface area (Å²) in [6, 6.07) is 0. The molecule has 0 saturated heterocycles. The largest absolute Gasteiger partial charge is 0.317 e. The molecular weight excluding hydrogens is 158 g/mol. The summed E-state index contributed by atoms with van der Waals surface area (Å²) in [4.78, 5) is 0. The first-order valence-corrected chi connectivity index (χ1v) is 5.56. The minimum atomic E-state index is 0.928. The monoisotopic (exact) mass is 181 g/mol. The Morgan fingerprint density at radius 3 is 2.31 bits per heavy atom. The number of hydrogen-bond donors (Lipinski definition) is 1. The van der Waals surface area contributed by atoms with Crippen molar-refractivity contribution in [1.29, 1.82) is 0 Å². The van der Waals surface area contributed by atoms with Crippen molar-refractivity contribution in [2.24, 2.45) is 0 Å². The van der Waals surface area contributed by atoms with Gasteiger partial charge in [-0.05, 0) is 32.4 Å². The summed E-state index contributed by atoms with van der Waals surface area (Å²) in [6.07, 6.45) is 13.9. The topological polar surface area (TPSA) is 12.0 Å². The van der Waals surface area contributed by atoms with Gasteiger partial charge < -0.3 is 5.32 Å². The van der Waals surface area contributed by atoms with Crippen LogP contribution in [0.3, 0.4) is 0 Å². The molecule has 1 N–H and O–H groups in total. The molecule has 0 rings (SSSR count). The lowest BCUT2D eigenvalue weighted by Gasteiger charge is -2.02. The fourth-order valence-electron chi connectivity index (χ4n) is 1.28. The Balaban J connectivity index is 2.80. The van der Waals surface area contributed by atoms with Gasteiger partial charge in [0.1, 0.15) is 0 Å². The van der Waals surface area contributed by atoms with E-state index in [1.54, 1.807) is 0 Å². The SMILES string of the molecule is C#CCCCCNCCCCCC. The standard InChI is InChI=1S/C12H23N/c1-3-5-7-9-11-13-12-10-8-6-4-2/h1,13H,4-12H2,2H3. The Hall–Kier alpha value is -0.480. The van der Waals surface area contributed by atoms with Gasteiger partial charge in [0, 0.05) is 6.42 Å². The van der Waals surface area contributed by atoms with Gasteiger partial charge in [-0.15, -0.1) is 12.3 Å². The van der Waals surface area contributed by atoms with Crippen molar-refractivity contribution < 1.29 is 0 Å². The van der Waals surface area contributed by atoms with Crippen LogP contribution >= 0.6 is 0 Å². The molecule has 0 amide bonds. The molecule has 13 heavy (non-hydrogen) atoms. The Labute approximate surface area is 83.3 Å². The van der Waals surface area contributed by atoms with E-state index in [1.165, 1.54) is 45.1 Å². The van der Waals surface area contributed by atoms with Gasteiger partial charge in [-0.2, -0.15) is 0 Å². The van der Waals surface area contributed by atoms with Crippen LogP contribution in [0.25, 0.3) is 0 Å². The molecular formula is C12H23N.